The molecular weight excluding hydrogens is 368 g/mol. The second-order valence-electron chi connectivity index (χ2n) is 11.2. The second kappa shape index (κ2) is 8.99. The van der Waals surface area contributed by atoms with Gasteiger partial charge in [-0.15, -0.1) is 0 Å². The van der Waals surface area contributed by atoms with Crippen LogP contribution in [-0.2, 0) is 13.6 Å². The summed E-state index contributed by atoms with van der Waals surface area (Å²) in [6.07, 6.45) is 11.4. The predicted octanol–water partition coefficient (Wildman–Crippen LogP) is 6.89. The first-order valence-corrected chi connectivity index (χ1v) is 17.6. The zero-order chi connectivity index (χ0) is 20.3. The van der Waals surface area contributed by atoms with Gasteiger partial charge >= 0.3 is 0 Å². The van der Waals surface area contributed by atoms with E-state index >= 15 is 0 Å². The van der Waals surface area contributed by atoms with Crippen molar-refractivity contribution in [2.75, 3.05) is 0 Å². The maximum absolute atomic E-state index is 6.80. The van der Waals surface area contributed by atoms with Crippen molar-refractivity contribution in [1.82, 2.24) is 0 Å². The maximum atomic E-state index is 6.80. The van der Waals surface area contributed by atoms with E-state index in [1.165, 1.54) is 63.5 Å². The van der Waals surface area contributed by atoms with Crippen LogP contribution in [0.15, 0.2) is 0 Å². The van der Waals surface area contributed by atoms with E-state index in [4.69, 9.17) is 13.6 Å². The Kier molecular flexibility index (Phi) is 7.85. The summed E-state index contributed by atoms with van der Waals surface area (Å²) in [6, 6.07) is 2.62. The summed E-state index contributed by atoms with van der Waals surface area (Å²) < 4.78 is 18.2. The molecule has 2 rings (SSSR count). The summed E-state index contributed by atoms with van der Waals surface area (Å²) in [4.78, 5) is 0. The zero-order valence-corrected chi connectivity index (χ0v) is 21.5. The van der Waals surface area contributed by atoms with Crippen LogP contribution in [0.25, 0.3) is 0 Å². The van der Waals surface area contributed by atoms with Gasteiger partial charge in [-0.2, -0.15) is 0 Å². The van der Waals surface area contributed by atoms with Crippen molar-refractivity contribution in [3.05, 3.63) is 0 Å². The van der Waals surface area contributed by atoms with Gasteiger partial charge in [-0.05, 0) is 78.8 Å². The van der Waals surface area contributed by atoms with E-state index in [0.717, 1.165) is 0 Å². The molecule has 0 aromatic carbocycles. The SMILES string of the molecule is CC1(C)OC1CCCCC[Si](C)(C)O[Si](C)(C)CCCCCC1OC1(C)C. The predicted molar refractivity (Wildman–Crippen MR) is 121 cm³/mol. The minimum Gasteiger partial charge on any atom is -0.455 e. The molecule has 2 fully saturated rings. The highest BCUT2D eigenvalue weighted by Gasteiger charge is 2.47. The quantitative estimate of drug-likeness (QED) is 0.176. The van der Waals surface area contributed by atoms with Crippen LogP contribution in [0.1, 0.15) is 79.1 Å². The van der Waals surface area contributed by atoms with E-state index in [2.05, 4.69) is 53.9 Å². The first kappa shape index (κ1) is 23.6. The van der Waals surface area contributed by atoms with E-state index in [9.17, 15) is 0 Å². The van der Waals surface area contributed by atoms with E-state index < -0.39 is 16.6 Å². The van der Waals surface area contributed by atoms with Crippen molar-refractivity contribution < 1.29 is 13.6 Å². The normalized spacial score (nSPS) is 26.2. The molecule has 0 aromatic heterocycles. The molecule has 0 radical (unpaired) electrons. The molecule has 0 N–H and O–H groups in total. The van der Waals surface area contributed by atoms with E-state index in [1.54, 1.807) is 0 Å². The lowest BCUT2D eigenvalue weighted by Gasteiger charge is -2.34. The standard InChI is InChI=1S/C22H46O3Si2/c1-21(2)19(23-21)15-11-9-13-17-26(5,6)25-27(7,8)18-14-10-12-16-20-22(3,4)24-20/h19-20H,9-18H2,1-8H3. The summed E-state index contributed by atoms with van der Waals surface area (Å²) in [6.45, 7) is 18.5. The Morgan fingerprint density at radius 3 is 1.26 bits per heavy atom. The second-order valence-corrected chi connectivity index (χ2v) is 20.1. The van der Waals surface area contributed by atoms with Gasteiger partial charge in [0, 0.05) is 0 Å². The van der Waals surface area contributed by atoms with Gasteiger partial charge < -0.3 is 13.6 Å². The van der Waals surface area contributed by atoms with Crippen molar-refractivity contribution in [3.63, 3.8) is 0 Å². The average molecular weight is 415 g/mol. The Morgan fingerprint density at radius 1 is 0.630 bits per heavy atom. The smallest absolute Gasteiger partial charge is 0.173 e. The zero-order valence-electron chi connectivity index (χ0n) is 19.5. The topological polar surface area (TPSA) is 34.3 Å². The van der Waals surface area contributed by atoms with E-state index in [0.29, 0.717) is 12.2 Å². The molecule has 0 saturated carbocycles. The molecule has 0 amide bonds. The van der Waals surface area contributed by atoms with Crippen LogP contribution in [0.4, 0.5) is 0 Å². The van der Waals surface area contributed by atoms with Gasteiger partial charge in [-0.3, -0.25) is 0 Å². The molecule has 2 aliphatic heterocycles. The van der Waals surface area contributed by atoms with Crippen LogP contribution in [0, 0.1) is 0 Å². The molecule has 27 heavy (non-hydrogen) atoms. The molecule has 2 unspecified atom stereocenters. The molecule has 0 spiro atoms. The van der Waals surface area contributed by atoms with Crippen molar-refractivity contribution >= 4 is 16.6 Å². The molecule has 2 aliphatic rings. The molecule has 2 saturated heterocycles. The van der Waals surface area contributed by atoms with Gasteiger partial charge in [0.05, 0.1) is 23.4 Å². The lowest BCUT2D eigenvalue weighted by molar-refractivity contribution is 0.317. The van der Waals surface area contributed by atoms with Gasteiger partial charge in [-0.25, -0.2) is 0 Å². The van der Waals surface area contributed by atoms with Crippen LogP contribution in [0.2, 0.25) is 38.3 Å². The van der Waals surface area contributed by atoms with Crippen LogP contribution in [0.3, 0.4) is 0 Å². The van der Waals surface area contributed by atoms with Gasteiger partial charge in [0.15, 0.2) is 16.6 Å². The molecule has 2 heterocycles. The fourth-order valence-electron chi connectivity index (χ4n) is 4.44. The Bertz CT molecular complexity index is 432. The summed E-state index contributed by atoms with van der Waals surface area (Å²) in [5.74, 6) is 0. The van der Waals surface area contributed by atoms with Gasteiger partial charge in [-0.1, -0.05) is 38.5 Å². The van der Waals surface area contributed by atoms with Crippen LogP contribution >= 0.6 is 0 Å². The lowest BCUT2D eigenvalue weighted by Crippen LogP contribution is -2.44. The lowest BCUT2D eigenvalue weighted by atomic mass is 10.0. The van der Waals surface area contributed by atoms with Crippen molar-refractivity contribution in [2.24, 2.45) is 0 Å². The highest BCUT2D eigenvalue weighted by Crippen LogP contribution is 2.39. The molecule has 3 nitrogen and oxygen atoms in total. The molecule has 0 bridgehead atoms. The third-order valence-corrected chi connectivity index (χ3v) is 13.9. The Morgan fingerprint density at radius 2 is 0.963 bits per heavy atom. The summed E-state index contributed by atoms with van der Waals surface area (Å²) in [5.41, 5.74) is 0.323. The van der Waals surface area contributed by atoms with Crippen molar-refractivity contribution in [1.29, 1.82) is 0 Å². The first-order chi connectivity index (χ1) is 12.3. The third kappa shape index (κ3) is 8.69. The largest absolute Gasteiger partial charge is 0.455 e. The molecule has 0 aromatic rings. The molecule has 0 aliphatic carbocycles. The first-order valence-electron chi connectivity index (χ1n) is 11.4. The maximum Gasteiger partial charge on any atom is 0.173 e. The minimum atomic E-state index is -1.51. The third-order valence-electron chi connectivity index (χ3n) is 6.37. The number of ether oxygens (including phenoxy) is 2. The summed E-state index contributed by atoms with van der Waals surface area (Å²) in [5, 5.41) is 0. The van der Waals surface area contributed by atoms with Gasteiger partial charge in [0.1, 0.15) is 0 Å². The highest BCUT2D eigenvalue weighted by molar-refractivity contribution is 6.84. The fourth-order valence-corrected chi connectivity index (χ4v) is 13.4. The molecule has 2 atom stereocenters. The van der Waals surface area contributed by atoms with Crippen molar-refractivity contribution in [3.8, 4) is 0 Å². The highest BCUT2D eigenvalue weighted by atomic mass is 28.4. The Hall–Kier alpha value is 0.314. The number of hydrogen-bond acceptors (Lipinski definition) is 3. The monoisotopic (exact) mass is 414 g/mol. The van der Waals surface area contributed by atoms with Crippen LogP contribution < -0.4 is 0 Å². The number of hydrogen-bond donors (Lipinski definition) is 0. The van der Waals surface area contributed by atoms with Crippen molar-refractivity contribution in [2.45, 2.75) is 141 Å². The molecule has 160 valence electrons. The van der Waals surface area contributed by atoms with Gasteiger partial charge in [0.2, 0.25) is 0 Å². The molecular formula is C22H46O3Si2. The van der Waals surface area contributed by atoms with Gasteiger partial charge in [0.25, 0.3) is 0 Å². The average Bonchev–Trinajstić information content (AvgIpc) is 3.31. The number of epoxide rings is 2. The number of rotatable bonds is 14. The summed E-state index contributed by atoms with van der Waals surface area (Å²) >= 11 is 0. The minimum absolute atomic E-state index is 0.161. The molecule has 5 heteroatoms. The Labute approximate surface area is 171 Å². The van der Waals surface area contributed by atoms with Crippen LogP contribution in [0.5, 0.6) is 0 Å². The summed E-state index contributed by atoms with van der Waals surface area (Å²) in [7, 11) is -3.03. The van der Waals surface area contributed by atoms with E-state index in [1.807, 2.05) is 0 Å². The van der Waals surface area contributed by atoms with E-state index in [-0.39, 0.29) is 11.2 Å². The van der Waals surface area contributed by atoms with Crippen LogP contribution in [-0.4, -0.2) is 40.0 Å². The fraction of sp³-hybridized carbons (Fsp3) is 1.00. The number of unbranched alkanes of at least 4 members (excludes halogenated alkanes) is 4. The Balaban J connectivity index is 1.51.